The van der Waals surface area contributed by atoms with Gasteiger partial charge in [-0.05, 0) is 30.7 Å². The van der Waals surface area contributed by atoms with Gasteiger partial charge in [-0.1, -0.05) is 6.58 Å². The molecule has 2 N–H and O–H groups in total. The molecule has 1 aliphatic heterocycles. The molecule has 1 fully saturated rings. The number of nitrogens with one attached hydrogen (secondary N) is 1. The highest BCUT2D eigenvalue weighted by atomic mass is 32.2. The minimum absolute atomic E-state index is 0.0148. The van der Waals surface area contributed by atoms with Crippen LogP contribution in [0.2, 0.25) is 0 Å². The largest absolute Gasteiger partial charge is 0.507 e. The number of sulfone groups is 1. The quantitative estimate of drug-likeness (QED) is 0.623. The van der Waals surface area contributed by atoms with E-state index in [-0.39, 0.29) is 17.9 Å². The Balaban J connectivity index is 2.21. The summed E-state index contributed by atoms with van der Waals surface area (Å²) in [5.74, 6) is -1.13. The van der Waals surface area contributed by atoms with Gasteiger partial charge in [0.25, 0.3) is 5.91 Å². The molecule has 1 aromatic carbocycles. The van der Waals surface area contributed by atoms with Gasteiger partial charge in [-0.3, -0.25) is 9.59 Å². The Morgan fingerprint density at radius 3 is 2.70 bits per heavy atom. The fraction of sp³-hybridized carbons (Fsp3) is 0.333. The van der Waals surface area contributed by atoms with E-state index in [1.807, 2.05) is 0 Å². The number of phenolic OH excluding ortho intramolecular Hbond substituents is 1. The third kappa shape index (κ3) is 3.89. The zero-order valence-corrected chi connectivity index (χ0v) is 13.5. The summed E-state index contributed by atoms with van der Waals surface area (Å²) in [6.45, 7) is 3.74. The third-order valence-electron chi connectivity index (χ3n) is 3.72. The Labute approximate surface area is 134 Å². The summed E-state index contributed by atoms with van der Waals surface area (Å²) in [6, 6.07) is 4.11. The van der Waals surface area contributed by atoms with Gasteiger partial charge in [-0.15, -0.1) is 0 Å². The molecule has 1 unspecified atom stereocenters. The lowest BCUT2D eigenvalue weighted by molar-refractivity contribution is -0.111. The van der Waals surface area contributed by atoms with Crippen molar-refractivity contribution >= 4 is 27.3 Å². The lowest BCUT2D eigenvalue weighted by Crippen LogP contribution is -2.31. The average Bonchev–Trinajstić information content (AvgIpc) is 2.98. The Kier molecular flexibility index (Phi) is 4.74. The number of amides is 2. The first-order valence-electron chi connectivity index (χ1n) is 6.97. The molecular weight excluding hydrogens is 320 g/mol. The SMILES string of the molecule is C=CC(=O)Nc1ccc(O)c(C(=O)N2CCC(S(C)(=O)=O)C2)c1. The number of anilines is 1. The topological polar surface area (TPSA) is 104 Å². The van der Waals surface area contributed by atoms with Gasteiger partial charge >= 0.3 is 0 Å². The number of hydrogen-bond acceptors (Lipinski definition) is 5. The fourth-order valence-electron chi connectivity index (χ4n) is 2.41. The van der Waals surface area contributed by atoms with E-state index in [4.69, 9.17) is 0 Å². The summed E-state index contributed by atoms with van der Waals surface area (Å²) in [7, 11) is -3.21. The van der Waals surface area contributed by atoms with E-state index in [0.29, 0.717) is 18.7 Å². The first-order chi connectivity index (χ1) is 10.7. The van der Waals surface area contributed by atoms with E-state index in [1.54, 1.807) is 0 Å². The first-order valence-corrected chi connectivity index (χ1v) is 8.92. The van der Waals surface area contributed by atoms with Crippen molar-refractivity contribution in [3.63, 3.8) is 0 Å². The van der Waals surface area contributed by atoms with Crippen LogP contribution in [0.25, 0.3) is 0 Å². The van der Waals surface area contributed by atoms with Crippen molar-refractivity contribution in [1.82, 2.24) is 4.90 Å². The Morgan fingerprint density at radius 1 is 1.43 bits per heavy atom. The zero-order chi connectivity index (χ0) is 17.2. The number of carbonyl (C=O) groups excluding carboxylic acids is 2. The maximum Gasteiger partial charge on any atom is 0.257 e. The minimum atomic E-state index is -3.21. The van der Waals surface area contributed by atoms with E-state index >= 15 is 0 Å². The van der Waals surface area contributed by atoms with Crippen molar-refractivity contribution < 1.29 is 23.1 Å². The second kappa shape index (κ2) is 6.41. The highest BCUT2D eigenvalue weighted by Gasteiger charge is 2.33. The highest BCUT2D eigenvalue weighted by molar-refractivity contribution is 7.91. The van der Waals surface area contributed by atoms with Crippen molar-refractivity contribution in [2.24, 2.45) is 0 Å². The third-order valence-corrected chi connectivity index (χ3v) is 5.31. The Bertz CT molecular complexity index is 757. The van der Waals surface area contributed by atoms with Crippen LogP contribution in [0.15, 0.2) is 30.9 Å². The predicted octanol–water partition coefficient (Wildman–Crippen LogP) is 0.776. The summed E-state index contributed by atoms with van der Waals surface area (Å²) in [4.78, 5) is 25.2. The highest BCUT2D eigenvalue weighted by Crippen LogP contribution is 2.26. The van der Waals surface area contributed by atoms with Gasteiger partial charge in [-0.2, -0.15) is 0 Å². The lowest BCUT2D eigenvalue weighted by atomic mass is 10.1. The number of likely N-dealkylation sites (tertiary alicyclic amines) is 1. The van der Waals surface area contributed by atoms with Crippen molar-refractivity contribution in [2.75, 3.05) is 24.7 Å². The van der Waals surface area contributed by atoms with Crippen LogP contribution in [-0.2, 0) is 14.6 Å². The van der Waals surface area contributed by atoms with E-state index in [0.717, 1.165) is 12.3 Å². The molecule has 0 spiro atoms. The molecule has 0 radical (unpaired) electrons. The summed E-state index contributed by atoms with van der Waals surface area (Å²) in [5.41, 5.74) is 0.357. The van der Waals surface area contributed by atoms with E-state index in [1.165, 1.54) is 23.1 Å². The number of rotatable bonds is 4. The molecule has 0 aliphatic carbocycles. The molecule has 8 heteroatoms. The Morgan fingerprint density at radius 2 is 2.13 bits per heavy atom. The predicted molar refractivity (Wildman–Crippen MR) is 86.1 cm³/mol. The molecule has 1 atom stereocenters. The molecule has 0 saturated carbocycles. The smallest absolute Gasteiger partial charge is 0.257 e. The second-order valence-electron chi connectivity index (χ2n) is 5.42. The van der Waals surface area contributed by atoms with Gasteiger partial charge in [0.2, 0.25) is 5.91 Å². The van der Waals surface area contributed by atoms with Crippen molar-refractivity contribution in [3.05, 3.63) is 36.4 Å². The number of benzene rings is 1. The van der Waals surface area contributed by atoms with E-state index in [2.05, 4.69) is 11.9 Å². The number of hydrogen-bond donors (Lipinski definition) is 2. The molecule has 124 valence electrons. The standard InChI is InChI=1S/C15H18N2O5S/c1-3-14(19)16-10-4-5-13(18)12(8-10)15(20)17-7-6-11(9-17)23(2,21)22/h3-5,8,11,18H,1,6-7,9H2,2H3,(H,16,19). The minimum Gasteiger partial charge on any atom is -0.507 e. The maximum absolute atomic E-state index is 12.5. The molecule has 1 heterocycles. The monoisotopic (exact) mass is 338 g/mol. The van der Waals surface area contributed by atoms with Crippen LogP contribution < -0.4 is 5.32 Å². The Hall–Kier alpha value is -2.35. The van der Waals surface area contributed by atoms with Crippen LogP contribution in [0, 0.1) is 0 Å². The summed E-state index contributed by atoms with van der Waals surface area (Å²) < 4.78 is 23.1. The fourth-order valence-corrected chi connectivity index (χ4v) is 3.40. The lowest BCUT2D eigenvalue weighted by Gasteiger charge is -2.17. The van der Waals surface area contributed by atoms with Crippen molar-refractivity contribution in [3.8, 4) is 5.75 Å². The second-order valence-corrected chi connectivity index (χ2v) is 7.74. The van der Waals surface area contributed by atoms with Crippen LogP contribution in [0.3, 0.4) is 0 Å². The first kappa shape index (κ1) is 17.0. The molecule has 0 aromatic heterocycles. The zero-order valence-electron chi connectivity index (χ0n) is 12.7. The molecule has 23 heavy (non-hydrogen) atoms. The molecule has 0 bridgehead atoms. The molecule has 2 rings (SSSR count). The van der Waals surface area contributed by atoms with Crippen molar-refractivity contribution in [1.29, 1.82) is 0 Å². The number of nitrogens with zero attached hydrogens (tertiary/aromatic N) is 1. The molecule has 1 aromatic rings. The number of phenols is 1. The van der Waals surface area contributed by atoms with Gasteiger partial charge in [0, 0.05) is 25.0 Å². The van der Waals surface area contributed by atoms with Gasteiger partial charge in [0.1, 0.15) is 5.75 Å². The molecular formula is C15H18N2O5S. The van der Waals surface area contributed by atoms with Gasteiger partial charge in [-0.25, -0.2) is 8.42 Å². The van der Waals surface area contributed by atoms with Crippen LogP contribution in [0.1, 0.15) is 16.8 Å². The number of aromatic hydroxyl groups is 1. The van der Waals surface area contributed by atoms with Crippen LogP contribution in [0.4, 0.5) is 5.69 Å². The van der Waals surface area contributed by atoms with Gasteiger partial charge < -0.3 is 15.3 Å². The normalized spacial score (nSPS) is 17.8. The molecule has 1 saturated heterocycles. The molecule has 7 nitrogen and oxygen atoms in total. The molecule has 1 aliphatic rings. The summed E-state index contributed by atoms with van der Waals surface area (Å²) in [5, 5.41) is 11.8. The van der Waals surface area contributed by atoms with E-state index < -0.39 is 26.9 Å². The van der Waals surface area contributed by atoms with E-state index in [9.17, 15) is 23.1 Å². The van der Waals surface area contributed by atoms with Crippen molar-refractivity contribution in [2.45, 2.75) is 11.7 Å². The maximum atomic E-state index is 12.5. The summed E-state index contributed by atoms with van der Waals surface area (Å²) in [6.07, 6.45) is 2.61. The van der Waals surface area contributed by atoms with Crippen LogP contribution in [0.5, 0.6) is 5.75 Å². The average molecular weight is 338 g/mol. The summed E-state index contributed by atoms with van der Waals surface area (Å²) >= 11 is 0. The molecule has 2 amide bonds. The van der Waals surface area contributed by atoms with Gasteiger partial charge in [0.05, 0.1) is 10.8 Å². The van der Waals surface area contributed by atoms with Crippen LogP contribution >= 0.6 is 0 Å². The van der Waals surface area contributed by atoms with Crippen LogP contribution in [-0.4, -0.2) is 54.8 Å². The van der Waals surface area contributed by atoms with Gasteiger partial charge in [0.15, 0.2) is 9.84 Å². The number of carbonyl (C=O) groups is 2.